The van der Waals surface area contributed by atoms with Crippen LogP contribution in [-0.2, 0) is 0 Å². The minimum absolute atomic E-state index is 0.0723. The molecule has 0 saturated heterocycles. The van der Waals surface area contributed by atoms with Gasteiger partial charge in [-0.2, -0.15) is 0 Å². The zero-order valence-corrected chi connectivity index (χ0v) is 9.97. The Kier molecular flexibility index (Phi) is 3.41. The number of nitrogens with zero attached hydrogens (tertiary/aromatic N) is 1. The van der Waals surface area contributed by atoms with Gasteiger partial charge in [-0.3, -0.25) is 9.78 Å². The highest BCUT2D eigenvalue weighted by atomic mass is 35.5. The standard InChI is InChI=1S/C12H6Cl2FNO/c13-8-1-2-10(14)9(4-8)12-11(15)3-7(6-17)5-16-12/h1-6H. The number of benzene rings is 1. The van der Waals surface area contributed by atoms with Gasteiger partial charge < -0.3 is 0 Å². The van der Waals surface area contributed by atoms with Gasteiger partial charge in [-0.1, -0.05) is 23.2 Å². The minimum Gasteiger partial charge on any atom is -0.298 e. The molecule has 17 heavy (non-hydrogen) atoms. The molecule has 0 N–H and O–H groups in total. The van der Waals surface area contributed by atoms with Crippen LogP contribution in [-0.4, -0.2) is 11.3 Å². The zero-order valence-electron chi connectivity index (χ0n) is 8.45. The molecule has 0 bridgehead atoms. The van der Waals surface area contributed by atoms with Gasteiger partial charge in [0.05, 0.1) is 5.02 Å². The Labute approximate surface area is 107 Å². The topological polar surface area (TPSA) is 30.0 Å². The quantitative estimate of drug-likeness (QED) is 0.772. The summed E-state index contributed by atoms with van der Waals surface area (Å²) in [6.07, 6.45) is 1.81. The highest BCUT2D eigenvalue weighted by Gasteiger charge is 2.11. The molecule has 0 radical (unpaired) electrons. The third-order valence-corrected chi connectivity index (χ3v) is 2.75. The number of pyridine rings is 1. The third kappa shape index (κ3) is 2.46. The Morgan fingerprint density at radius 1 is 1.24 bits per heavy atom. The van der Waals surface area contributed by atoms with Crippen LogP contribution in [0.5, 0.6) is 0 Å². The van der Waals surface area contributed by atoms with Crippen molar-refractivity contribution in [2.45, 2.75) is 0 Å². The van der Waals surface area contributed by atoms with E-state index in [2.05, 4.69) is 4.98 Å². The molecule has 0 unspecified atom stereocenters. The highest BCUT2D eigenvalue weighted by Crippen LogP contribution is 2.30. The van der Waals surface area contributed by atoms with Crippen LogP contribution in [0.3, 0.4) is 0 Å². The van der Waals surface area contributed by atoms with E-state index in [9.17, 15) is 9.18 Å². The lowest BCUT2D eigenvalue weighted by molar-refractivity contribution is 0.112. The Bertz CT molecular complexity index is 587. The number of aromatic nitrogens is 1. The van der Waals surface area contributed by atoms with Gasteiger partial charge in [-0.25, -0.2) is 4.39 Å². The lowest BCUT2D eigenvalue weighted by atomic mass is 10.1. The molecule has 1 heterocycles. The van der Waals surface area contributed by atoms with E-state index >= 15 is 0 Å². The van der Waals surface area contributed by atoms with Crippen LogP contribution in [0.2, 0.25) is 10.0 Å². The summed E-state index contributed by atoms with van der Waals surface area (Å²) < 4.78 is 13.7. The zero-order chi connectivity index (χ0) is 12.4. The first-order valence-electron chi connectivity index (χ1n) is 4.68. The van der Waals surface area contributed by atoms with Crippen LogP contribution >= 0.6 is 23.2 Å². The van der Waals surface area contributed by atoms with E-state index in [4.69, 9.17) is 23.2 Å². The second kappa shape index (κ2) is 4.82. The molecule has 5 heteroatoms. The second-order valence-corrected chi connectivity index (χ2v) is 4.18. The maximum Gasteiger partial charge on any atom is 0.151 e. The molecule has 86 valence electrons. The van der Waals surface area contributed by atoms with E-state index in [1.54, 1.807) is 12.1 Å². The summed E-state index contributed by atoms with van der Waals surface area (Å²) in [5, 5.41) is 0.782. The molecule has 0 fully saturated rings. The van der Waals surface area contributed by atoms with E-state index in [-0.39, 0.29) is 11.3 Å². The van der Waals surface area contributed by atoms with E-state index in [0.29, 0.717) is 21.9 Å². The third-order valence-electron chi connectivity index (χ3n) is 2.18. The molecule has 0 spiro atoms. The molecule has 0 aliphatic carbocycles. The number of aldehydes is 1. The van der Waals surface area contributed by atoms with Crippen molar-refractivity contribution in [3.63, 3.8) is 0 Å². The Morgan fingerprint density at radius 3 is 2.65 bits per heavy atom. The van der Waals surface area contributed by atoms with E-state index in [1.807, 2.05) is 0 Å². The fourth-order valence-corrected chi connectivity index (χ4v) is 1.77. The predicted octanol–water partition coefficient (Wildman–Crippen LogP) is 4.01. The smallest absolute Gasteiger partial charge is 0.151 e. The number of hydrogen-bond donors (Lipinski definition) is 0. The first-order chi connectivity index (χ1) is 8.11. The largest absolute Gasteiger partial charge is 0.298 e. The first kappa shape index (κ1) is 12.0. The van der Waals surface area contributed by atoms with Crippen molar-refractivity contribution in [2.24, 2.45) is 0 Å². The van der Waals surface area contributed by atoms with Crippen LogP contribution in [0.1, 0.15) is 10.4 Å². The monoisotopic (exact) mass is 269 g/mol. The highest BCUT2D eigenvalue weighted by molar-refractivity contribution is 6.35. The second-order valence-electron chi connectivity index (χ2n) is 3.34. The predicted molar refractivity (Wildman–Crippen MR) is 65.0 cm³/mol. The van der Waals surface area contributed by atoms with Gasteiger partial charge in [0.25, 0.3) is 0 Å². The van der Waals surface area contributed by atoms with Crippen molar-refractivity contribution in [1.82, 2.24) is 4.98 Å². The van der Waals surface area contributed by atoms with E-state index in [1.165, 1.54) is 12.3 Å². The molecule has 0 aliphatic heterocycles. The molecular formula is C12H6Cl2FNO. The molecule has 0 amide bonds. The SMILES string of the molecule is O=Cc1cnc(-c2cc(Cl)ccc2Cl)c(F)c1. The maximum absolute atomic E-state index is 13.7. The number of carbonyl (C=O) groups is 1. The van der Waals surface area contributed by atoms with Crippen molar-refractivity contribution in [3.8, 4) is 11.3 Å². The number of rotatable bonds is 2. The molecule has 2 aromatic rings. The molecule has 0 aliphatic rings. The van der Waals surface area contributed by atoms with Gasteiger partial charge in [0.1, 0.15) is 11.5 Å². The van der Waals surface area contributed by atoms with Gasteiger partial charge in [0, 0.05) is 22.3 Å². The van der Waals surface area contributed by atoms with Crippen LogP contribution < -0.4 is 0 Å². The average Bonchev–Trinajstić information content (AvgIpc) is 2.32. The normalized spacial score (nSPS) is 10.3. The Morgan fingerprint density at radius 2 is 2.00 bits per heavy atom. The summed E-state index contributed by atoms with van der Waals surface area (Å²) in [7, 11) is 0. The molecule has 1 aromatic heterocycles. The van der Waals surface area contributed by atoms with Crippen molar-refractivity contribution < 1.29 is 9.18 Å². The number of hydrogen-bond acceptors (Lipinski definition) is 2. The van der Waals surface area contributed by atoms with E-state index in [0.717, 1.165) is 6.07 Å². The Hall–Kier alpha value is -1.45. The van der Waals surface area contributed by atoms with Crippen molar-refractivity contribution in [3.05, 3.63) is 51.9 Å². The number of halogens is 3. The molecule has 2 nitrogen and oxygen atoms in total. The molecule has 1 aromatic carbocycles. The van der Waals surface area contributed by atoms with Gasteiger partial charge >= 0.3 is 0 Å². The lowest BCUT2D eigenvalue weighted by Crippen LogP contribution is -1.93. The fourth-order valence-electron chi connectivity index (χ4n) is 1.39. The Balaban J connectivity index is 2.60. The molecule has 0 saturated carbocycles. The van der Waals surface area contributed by atoms with Gasteiger partial charge in [-0.05, 0) is 24.3 Å². The average molecular weight is 270 g/mol. The summed E-state index contributed by atoms with van der Waals surface area (Å²) in [5.74, 6) is -0.612. The summed E-state index contributed by atoms with van der Waals surface area (Å²) in [4.78, 5) is 14.3. The summed E-state index contributed by atoms with van der Waals surface area (Å²) in [6, 6.07) is 5.79. The van der Waals surface area contributed by atoms with Crippen LogP contribution in [0.15, 0.2) is 30.5 Å². The van der Waals surface area contributed by atoms with Crippen molar-refractivity contribution >= 4 is 29.5 Å². The molecular weight excluding hydrogens is 264 g/mol. The van der Waals surface area contributed by atoms with Crippen LogP contribution in [0.4, 0.5) is 4.39 Å². The van der Waals surface area contributed by atoms with Crippen LogP contribution in [0, 0.1) is 5.82 Å². The summed E-state index contributed by atoms with van der Waals surface area (Å²) in [6.45, 7) is 0. The molecule has 0 atom stereocenters. The van der Waals surface area contributed by atoms with Crippen LogP contribution in [0.25, 0.3) is 11.3 Å². The van der Waals surface area contributed by atoms with Crippen molar-refractivity contribution in [1.29, 1.82) is 0 Å². The summed E-state index contributed by atoms with van der Waals surface area (Å²) in [5.41, 5.74) is 0.640. The summed E-state index contributed by atoms with van der Waals surface area (Å²) >= 11 is 11.8. The fraction of sp³-hybridized carbons (Fsp3) is 0. The maximum atomic E-state index is 13.7. The number of carbonyl (C=O) groups excluding carboxylic acids is 1. The van der Waals surface area contributed by atoms with Gasteiger partial charge in [0.2, 0.25) is 0 Å². The lowest BCUT2D eigenvalue weighted by Gasteiger charge is -2.05. The first-order valence-corrected chi connectivity index (χ1v) is 5.43. The van der Waals surface area contributed by atoms with Crippen molar-refractivity contribution in [2.75, 3.05) is 0 Å². The van der Waals surface area contributed by atoms with Gasteiger partial charge in [-0.15, -0.1) is 0 Å². The minimum atomic E-state index is -0.612. The molecule has 2 rings (SSSR count). The van der Waals surface area contributed by atoms with E-state index < -0.39 is 5.82 Å². The van der Waals surface area contributed by atoms with Gasteiger partial charge in [0.15, 0.2) is 6.29 Å².